The number of benzene rings is 1. The Labute approximate surface area is 121 Å². The van der Waals surface area contributed by atoms with Crippen molar-refractivity contribution in [2.45, 2.75) is 13.8 Å². The van der Waals surface area contributed by atoms with Crippen LogP contribution < -0.4 is 10.6 Å². The number of rotatable bonds is 5. The van der Waals surface area contributed by atoms with E-state index in [1.165, 1.54) is 11.8 Å². The van der Waals surface area contributed by atoms with Crippen molar-refractivity contribution in [2.24, 2.45) is 5.73 Å². The Bertz CT molecular complexity index is 540. The maximum Gasteiger partial charge on any atom is 0.336 e. The van der Waals surface area contributed by atoms with Crippen molar-refractivity contribution in [3.63, 3.8) is 0 Å². The van der Waals surface area contributed by atoms with Gasteiger partial charge in [0.05, 0.1) is 17.9 Å². The van der Waals surface area contributed by atoms with Gasteiger partial charge in [-0.25, -0.2) is 4.79 Å². The van der Waals surface area contributed by atoms with Gasteiger partial charge >= 0.3 is 5.97 Å². The lowest BCUT2D eigenvalue weighted by Crippen LogP contribution is -2.38. The largest absolute Gasteiger partial charge is 0.478 e. The number of anilines is 1. The van der Waals surface area contributed by atoms with Crippen LogP contribution in [0.25, 0.3) is 0 Å². The smallest absolute Gasteiger partial charge is 0.336 e. The van der Waals surface area contributed by atoms with E-state index in [-0.39, 0.29) is 24.0 Å². The molecular weight excluding hydrogens is 282 g/mol. The topological polar surface area (TPSA) is 99.6 Å². The number of nitrogens with zero attached hydrogens (tertiary/aromatic N) is 1. The van der Waals surface area contributed by atoms with Crippen LogP contribution in [-0.2, 0) is 9.53 Å². The van der Waals surface area contributed by atoms with Gasteiger partial charge in [-0.1, -0.05) is 11.6 Å². The summed E-state index contributed by atoms with van der Waals surface area (Å²) in [6.45, 7) is 3.35. The lowest BCUT2D eigenvalue weighted by molar-refractivity contribution is -0.132. The number of carboxylic acids is 1. The third-order valence-corrected chi connectivity index (χ3v) is 2.70. The molecule has 20 heavy (non-hydrogen) atoms. The van der Waals surface area contributed by atoms with Crippen molar-refractivity contribution >= 4 is 29.2 Å². The molecule has 4 N–H and O–H groups in total. The minimum Gasteiger partial charge on any atom is -0.478 e. The second-order valence-corrected chi connectivity index (χ2v) is 4.30. The van der Waals surface area contributed by atoms with E-state index in [9.17, 15) is 4.79 Å². The standard InChI is InChI=1S/C13H16ClN3O3/c1-3-20-11(8(2)12(18)19)17(13(15)16)10-6-4-9(14)5-7-10/h4-7H,3H2,1-2H3,(H3,15,16)(H,18,19)/b11-8-. The number of guanidine groups is 1. The number of carbonyl (C=O) groups is 1. The third kappa shape index (κ3) is 3.64. The molecule has 0 atom stereocenters. The number of nitrogens with two attached hydrogens (primary N) is 1. The quantitative estimate of drug-likeness (QED) is 0.335. The molecule has 0 aliphatic carbocycles. The highest BCUT2D eigenvalue weighted by Crippen LogP contribution is 2.24. The highest BCUT2D eigenvalue weighted by Gasteiger charge is 2.22. The van der Waals surface area contributed by atoms with Crippen LogP contribution in [0.15, 0.2) is 35.7 Å². The molecule has 7 heteroatoms. The van der Waals surface area contributed by atoms with Gasteiger partial charge in [0.25, 0.3) is 0 Å². The Morgan fingerprint density at radius 2 is 2.00 bits per heavy atom. The first-order valence-corrected chi connectivity index (χ1v) is 6.23. The Morgan fingerprint density at radius 3 is 2.40 bits per heavy atom. The van der Waals surface area contributed by atoms with E-state index in [1.807, 2.05) is 0 Å². The van der Waals surface area contributed by atoms with Crippen molar-refractivity contribution in [3.05, 3.63) is 40.7 Å². The summed E-state index contributed by atoms with van der Waals surface area (Å²) < 4.78 is 5.34. The molecule has 0 saturated carbocycles. The molecule has 0 aromatic heterocycles. The first kappa shape index (κ1) is 15.8. The zero-order chi connectivity index (χ0) is 15.3. The molecule has 0 fully saturated rings. The minimum atomic E-state index is -1.14. The van der Waals surface area contributed by atoms with Gasteiger partial charge in [-0.2, -0.15) is 0 Å². The fraction of sp³-hybridized carbons (Fsp3) is 0.231. The Morgan fingerprint density at radius 1 is 1.45 bits per heavy atom. The summed E-state index contributed by atoms with van der Waals surface area (Å²) in [5.41, 5.74) is 5.99. The molecule has 0 bridgehead atoms. The van der Waals surface area contributed by atoms with Crippen LogP contribution in [0.4, 0.5) is 5.69 Å². The fourth-order valence-electron chi connectivity index (χ4n) is 1.52. The average Bonchev–Trinajstić information content (AvgIpc) is 2.39. The first-order valence-electron chi connectivity index (χ1n) is 5.85. The summed E-state index contributed by atoms with van der Waals surface area (Å²) in [7, 11) is 0. The van der Waals surface area contributed by atoms with Gasteiger partial charge in [-0.15, -0.1) is 0 Å². The molecule has 0 amide bonds. The second-order valence-electron chi connectivity index (χ2n) is 3.87. The van der Waals surface area contributed by atoms with Gasteiger partial charge in [-0.05, 0) is 38.1 Å². The van der Waals surface area contributed by atoms with Crippen molar-refractivity contribution < 1.29 is 14.6 Å². The van der Waals surface area contributed by atoms with Crippen molar-refractivity contribution in [1.29, 1.82) is 5.41 Å². The first-order chi connectivity index (χ1) is 9.38. The molecule has 108 valence electrons. The van der Waals surface area contributed by atoms with Crippen molar-refractivity contribution in [2.75, 3.05) is 11.5 Å². The number of hydrogen-bond acceptors (Lipinski definition) is 3. The van der Waals surface area contributed by atoms with Crippen LogP contribution in [0, 0.1) is 5.41 Å². The van der Waals surface area contributed by atoms with Crippen LogP contribution in [-0.4, -0.2) is 23.6 Å². The molecule has 1 aromatic rings. The van der Waals surface area contributed by atoms with E-state index in [0.717, 1.165) is 0 Å². The SMILES string of the molecule is CCO/C(=C(/C)C(=O)O)N(C(=N)N)c1ccc(Cl)cc1. The van der Waals surface area contributed by atoms with E-state index in [4.69, 9.17) is 32.6 Å². The van der Waals surface area contributed by atoms with Gasteiger partial charge in [0.2, 0.25) is 5.88 Å². The number of halogens is 1. The van der Waals surface area contributed by atoms with E-state index >= 15 is 0 Å². The van der Waals surface area contributed by atoms with Crippen LogP contribution >= 0.6 is 11.6 Å². The lowest BCUT2D eigenvalue weighted by Gasteiger charge is -2.26. The average molecular weight is 298 g/mol. The summed E-state index contributed by atoms with van der Waals surface area (Å²) in [6.07, 6.45) is 0. The maximum absolute atomic E-state index is 11.1. The zero-order valence-electron chi connectivity index (χ0n) is 11.2. The van der Waals surface area contributed by atoms with Crippen LogP contribution in [0.2, 0.25) is 5.02 Å². The maximum atomic E-state index is 11.1. The van der Waals surface area contributed by atoms with Gasteiger partial charge < -0.3 is 15.6 Å². The van der Waals surface area contributed by atoms with E-state index in [0.29, 0.717) is 10.7 Å². The van der Waals surface area contributed by atoms with Gasteiger partial charge in [0.15, 0.2) is 5.96 Å². The lowest BCUT2D eigenvalue weighted by atomic mass is 10.2. The molecule has 1 aromatic carbocycles. The third-order valence-electron chi connectivity index (χ3n) is 2.45. The number of nitrogens with one attached hydrogen (secondary N) is 1. The summed E-state index contributed by atoms with van der Waals surface area (Å²) in [6, 6.07) is 6.48. The molecule has 0 heterocycles. The van der Waals surface area contributed by atoms with Crippen molar-refractivity contribution in [3.8, 4) is 0 Å². The van der Waals surface area contributed by atoms with Gasteiger partial charge in [-0.3, -0.25) is 10.3 Å². The number of hydrogen-bond donors (Lipinski definition) is 3. The summed E-state index contributed by atoms with van der Waals surface area (Å²) in [4.78, 5) is 12.3. The number of ether oxygens (including phenoxy) is 1. The van der Waals surface area contributed by atoms with Gasteiger partial charge in [0, 0.05) is 5.02 Å². The summed E-state index contributed by atoms with van der Waals surface area (Å²) >= 11 is 5.81. The fourth-order valence-corrected chi connectivity index (χ4v) is 1.65. The van der Waals surface area contributed by atoms with Gasteiger partial charge in [0.1, 0.15) is 0 Å². The Kier molecular flexibility index (Phi) is 5.40. The predicted octanol–water partition coefficient (Wildman–Crippen LogP) is 2.39. The predicted molar refractivity (Wildman–Crippen MR) is 77.8 cm³/mol. The second kappa shape index (κ2) is 6.81. The molecule has 0 spiro atoms. The number of carboxylic acid groups (broad SMARTS) is 1. The Balaban J connectivity index is 3.36. The molecular formula is C13H16ClN3O3. The Hall–Kier alpha value is -2.21. The highest BCUT2D eigenvalue weighted by atomic mass is 35.5. The van der Waals surface area contributed by atoms with E-state index in [2.05, 4.69) is 0 Å². The molecule has 6 nitrogen and oxygen atoms in total. The summed E-state index contributed by atoms with van der Waals surface area (Å²) in [5.74, 6) is -1.49. The van der Waals surface area contributed by atoms with Crippen LogP contribution in [0.5, 0.6) is 0 Å². The molecule has 0 unspecified atom stereocenters. The molecule has 0 radical (unpaired) electrons. The van der Waals surface area contributed by atoms with Crippen molar-refractivity contribution in [1.82, 2.24) is 0 Å². The molecule has 1 rings (SSSR count). The van der Waals surface area contributed by atoms with E-state index in [1.54, 1.807) is 31.2 Å². The highest BCUT2D eigenvalue weighted by molar-refractivity contribution is 6.30. The van der Waals surface area contributed by atoms with E-state index < -0.39 is 5.97 Å². The van der Waals surface area contributed by atoms with Crippen LogP contribution in [0.3, 0.4) is 0 Å². The molecule has 0 saturated heterocycles. The number of aliphatic carboxylic acids is 1. The zero-order valence-corrected chi connectivity index (χ0v) is 11.9. The van der Waals surface area contributed by atoms with Crippen LogP contribution in [0.1, 0.15) is 13.8 Å². The normalized spacial score (nSPS) is 11.6. The molecule has 0 aliphatic rings. The summed E-state index contributed by atoms with van der Waals surface area (Å²) in [5, 5.41) is 17.3. The minimum absolute atomic E-state index is 0.00909. The molecule has 0 aliphatic heterocycles. The monoisotopic (exact) mass is 297 g/mol.